The van der Waals surface area contributed by atoms with Crippen LogP contribution in [0.5, 0.6) is 0 Å². The Morgan fingerprint density at radius 2 is 2.12 bits per heavy atom. The van der Waals surface area contributed by atoms with E-state index in [0.717, 1.165) is 4.47 Å². The van der Waals surface area contributed by atoms with E-state index >= 15 is 0 Å². The van der Waals surface area contributed by atoms with Crippen LogP contribution in [0.4, 0.5) is 0 Å². The van der Waals surface area contributed by atoms with E-state index in [4.69, 9.17) is 16.3 Å². The summed E-state index contributed by atoms with van der Waals surface area (Å²) in [7, 11) is 1.65. The lowest BCUT2D eigenvalue weighted by atomic mass is 9.98. The summed E-state index contributed by atoms with van der Waals surface area (Å²) in [5.41, 5.74) is 0.352. The molecule has 0 aromatic heterocycles. The van der Waals surface area contributed by atoms with Crippen LogP contribution in [0.15, 0.2) is 22.7 Å². The van der Waals surface area contributed by atoms with Gasteiger partial charge in [-0.3, -0.25) is 4.79 Å². The SMILES string of the molecule is COC(C)(C)CCC(=O)c1cc(Cl)ccc1Br. The first-order valence-corrected chi connectivity index (χ1v) is 6.56. The van der Waals surface area contributed by atoms with Crippen molar-refractivity contribution in [2.75, 3.05) is 7.11 Å². The van der Waals surface area contributed by atoms with E-state index < -0.39 is 0 Å². The van der Waals surface area contributed by atoms with Gasteiger partial charge in [-0.05, 0) is 38.5 Å². The van der Waals surface area contributed by atoms with Gasteiger partial charge in [0.1, 0.15) is 0 Å². The van der Waals surface area contributed by atoms with Gasteiger partial charge in [0.05, 0.1) is 5.60 Å². The Balaban J connectivity index is 2.74. The molecule has 2 nitrogen and oxygen atoms in total. The van der Waals surface area contributed by atoms with Gasteiger partial charge in [0.15, 0.2) is 5.78 Å². The number of ether oxygens (including phenoxy) is 1. The molecular formula is C13H16BrClO2. The molecule has 0 saturated carbocycles. The Kier molecular flexibility index (Phi) is 5.17. The van der Waals surface area contributed by atoms with Gasteiger partial charge in [-0.1, -0.05) is 27.5 Å². The predicted molar refractivity (Wildman–Crippen MR) is 73.8 cm³/mol. The molecule has 1 aromatic carbocycles. The normalized spacial score (nSPS) is 11.6. The number of hydrogen-bond donors (Lipinski definition) is 0. The second-order valence-electron chi connectivity index (χ2n) is 4.51. The summed E-state index contributed by atoms with van der Waals surface area (Å²) in [5, 5.41) is 0.572. The number of carbonyl (C=O) groups excluding carboxylic acids is 1. The average molecular weight is 320 g/mol. The van der Waals surface area contributed by atoms with Crippen LogP contribution >= 0.6 is 27.5 Å². The van der Waals surface area contributed by atoms with Crippen molar-refractivity contribution in [3.63, 3.8) is 0 Å². The molecule has 94 valence electrons. The molecule has 1 rings (SSSR count). The number of rotatable bonds is 5. The van der Waals surface area contributed by atoms with E-state index in [9.17, 15) is 4.79 Å². The van der Waals surface area contributed by atoms with Crippen molar-refractivity contribution in [3.05, 3.63) is 33.3 Å². The molecule has 0 amide bonds. The highest BCUT2D eigenvalue weighted by Gasteiger charge is 2.19. The van der Waals surface area contributed by atoms with Crippen molar-refractivity contribution in [2.45, 2.75) is 32.3 Å². The summed E-state index contributed by atoms with van der Waals surface area (Å²) in [5.74, 6) is 0.0736. The molecule has 0 spiro atoms. The summed E-state index contributed by atoms with van der Waals surface area (Å²) < 4.78 is 6.07. The van der Waals surface area contributed by atoms with Gasteiger partial charge in [-0.2, -0.15) is 0 Å². The van der Waals surface area contributed by atoms with Crippen LogP contribution < -0.4 is 0 Å². The molecule has 0 heterocycles. The number of Topliss-reactive ketones (excluding diaryl/α,β-unsaturated/α-hetero) is 1. The predicted octanol–water partition coefficient (Wildman–Crippen LogP) is 4.49. The first-order valence-electron chi connectivity index (χ1n) is 5.39. The Morgan fingerprint density at radius 1 is 1.47 bits per heavy atom. The van der Waals surface area contributed by atoms with Crippen LogP contribution in [-0.4, -0.2) is 18.5 Å². The highest BCUT2D eigenvalue weighted by molar-refractivity contribution is 9.10. The Labute approximate surface area is 115 Å². The highest BCUT2D eigenvalue weighted by Crippen LogP contribution is 2.24. The lowest BCUT2D eigenvalue weighted by molar-refractivity contribution is 0.0141. The largest absolute Gasteiger partial charge is 0.379 e. The van der Waals surface area contributed by atoms with Crippen LogP contribution in [0.2, 0.25) is 5.02 Å². The summed E-state index contributed by atoms with van der Waals surface area (Å²) in [6.07, 6.45) is 1.13. The first kappa shape index (κ1) is 14.7. The second-order valence-corrected chi connectivity index (χ2v) is 5.80. The van der Waals surface area contributed by atoms with Crippen LogP contribution in [0.1, 0.15) is 37.0 Å². The van der Waals surface area contributed by atoms with E-state index in [1.54, 1.807) is 25.3 Å². The van der Waals surface area contributed by atoms with Crippen molar-refractivity contribution < 1.29 is 9.53 Å². The maximum Gasteiger partial charge on any atom is 0.164 e. The van der Waals surface area contributed by atoms with Crippen LogP contribution in [0, 0.1) is 0 Å². The van der Waals surface area contributed by atoms with E-state index in [-0.39, 0.29) is 11.4 Å². The van der Waals surface area contributed by atoms with Crippen molar-refractivity contribution in [3.8, 4) is 0 Å². The topological polar surface area (TPSA) is 26.3 Å². The van der Waals surface area contributed by atoms with Gasteiger partial charge in [-0.25, -0.2) is 0 Å². The van der Waals surface area contributed by atoms with Crippen molar-refractivity contribution >= 4 is 33.3 Å². The lowest BCUT2D eigenvalue weighted by Gasteiger charge is -2.22. The second kappa shape index (κ2) is 5.98. The minimum Gasteiger partial charge on any atom is -0.379 e. The third-order valence-electron chi connectivity index (χ3n) is 2.74. The van der Waals surface area contributed by atoms with Crippen LogP contribution in [-0.2, 0) is 4.74 Å². The molecule has 17 heavy (non-hydrogen) atoms. The molecular weight excluding hydrogens is 303 g/mol. The lowest BCUT2D eigenvalue weighted by Crippen LogP contribution is -2.23. The summed E-state index contributed by atoms with van der Waals surface area (Å²) in [6.45, 7) is 3.93. The molecule has 0 bridgehead atoms. The fourth-order valence-electron chi connectivity index (χ4n) is 1.36. The van der Waals surface area contributed by atoms with Crippen molar-refractivity contribution in [1.82, 2.24) is 0 Å². The fourth-order valence-corrected chi connectivity index (χ4v) is 2.00. The average Bonchev–Trinajstić information content (AvgIpc) is 2.29. The third kappa shape index (κ3) is 4.41. The minimum absolute atomic E-state index is 0.0736. The smallest absolute Gasteiger partial charge is 0.164 e. The zero-order valence-electron chi connectivity index (χ0n) is 10.2. The number of hydrogen-bond acceptors (Lipinski definition) is 2. The molecule has 0 saturated heterocycles. The van der Waals surface area contributed by atoms with Crippen LogP contribution in [0.3, 0.4) is 0 Å². The Morgan fingerprint density at radius 3 is 2.71 bits per heavy atom. The molecule has 4 heteroatoms. The molecule has 0 fully saturated rings. The van der Waals surface area contributed by atoms with Gasteiger partial charge in [0.2, 0.25) is 0 Å². The number of methoxy groups -OCH3 is 1. The zero-order chi connectivity index (χ0) is 13.1. The Hall–Kier alpha value is -0.380. The van der Waals surface area contributed by atoms with Gasteiger partial charge in [-0.15, -0.1) is 0 Å². The minimum atomic E-state index is -0.277. The van der Waals surface area contributed by atoms with Gasteiger partial charge in [0, 0.05) is 28.6 Å². The summed E-state index contributed by atoms with van der Waals surface area (Å²) >= 11 is 9.24. The van der Waals surface area contributed by atoms with E-state index in [1.807, 2.05) is 13.8 Å². The van der Waals surface area contributed by atoms with Gasteiger partial charge < -0.3 is 4.74 Å². The monoisotopic (exact) mass is 318 g/mol. The number of carbonyl (C=O) groups is 1. The maximum atomic E-state index is 12.0. The van der Waals surface area contributed by atoms with Crippen LogP contribution in [0.25, 0.3) is 0 Å². The molecule has 0 aliphatic carbocycles. The molecule has 0 unspecified atom stereocenters. The quantitative estimate of drug-likeness (QED) is 0.747. The molecule has 0 atom stereocenters. The van der Waals surface area contributed by atoms with E-state index in [1.165, 1.54) is 0 Å². The summed E-state index contributed by atoms with van der Waals surface area (Å²) in [4.78, 5) is 12.0. The standard InChI is InChI=1S/C13H16BrClO2/c1-13(2,17-3)7-6-12(16)10-8-9(15)4-5-11(10)14/h4-5,8H,6-7H2,1-3H3. The van der Waals surface area contributed by atoms with Gasteiger partial charge >= 0.3 is 0 Å². The molecule has 0 radical (unpaired) electrons. The van der Waals surface area contributed by atoms with Gasteiger partial charge in [0.25, 0.3) is 0 Å². The molecule has 0 aliphatic rings. The third-order valence-corrected chi connectivity index (χ3v) is 3.66. The number of halogens is 2. The molecule has 0 aliphatic heterocycles. The number of benzene rings is 1. The van der Waals surface area contributed by atoms with E-state index in [2.05, 4.69) is 15.9 Å². The fraction of sp³-hybridized carbons (Fsp3) is 0.462. The highest BCUT2D eigenvalue weighted by atomic mass is 79.9. The molecule has 1 aromatic rings. The van der Waals surface area contributed by atoms with Crippen molar-refractivity contribution in [1.29, 1.82) is 0 Å². The number of ketones is 1. The summed E-state index contributed by atoms with van der Waals surface area (Å²) in [6, 6.07) is 5.23. The molecule has 0 N–H and O–H groups in total. The maximum absolute atomic E-state index is 12.0. The van der Waals surface area contributed by atoms with Crippen molar-refractivity contribution in [2.24, 2.45) is 0 Å². The van der Waals surface area contributed by atoms with E-state index in [0.29, 0.717) is 23.4 Å². The zero-order valence-corrected chi connectivity index (χ0v) is 12.6. The first-order chi connectivity index (χ1) is 7.85. The Bertz CT molecular complexity index is 416.